The highest BCUT2D eigenvalue weighted by Crippen LogP contribution is 2.68. The summed E-state index contributed by atoms with van der Waals surface area (Å²) in [4.78, 5) is 14.5. The van der Waals surface area contributed by atoms with Crippen molar-refractivity contribution >= 4 is 13.6 Å². The summed E-state index contributed by atoms with van der Waals surface area (Å²) in [6, 6.07) is 17.6. The first-order chi connectivity index (χ1) is 19.1. The first-order valence-corrected chi connectivity index (χ1v) is 15.9. The monoisotopic (exact) mass is 570 g/mol. The summed E-state index contributed by atoms with van der Waals surface area (Å²) in [5.74, 6) is -0.277. The molecule has 40 heavy (non-hydrogen) atoms. The van der Waals surface area contributed by atoms with E-state index in [0.717, 1.165) is 18.4 Å². The van der Waals surface area contributed by atoms with E-state index in [1.54, 1.807) is 33.1 Å². The largest absolute Gasteiger partial charge is 0.497 e. The number of benzene rings is 2. The zero-order valence-corrected chi connectivity index (χ0v) is 25.4. The summed E-state index contributed by atoms with van der Waals surface area (Å²) in [7, 11) is -2.57. The molecular weight excluding hydrogens is 527 g/mol. The number of nitrogens with zero attached hydrogens (tertiary/aromatic N) is 2. The number of rotatable bonds is 11. The Kier molecular flexibility index (Phi) is 9.54. The van der Waals surface area contributed by atoms with Gasteiger partial charge >= 0.3 is 13.6 Å². The zero-order valence-electron chi connectivity index (χ0n) is 24.5. The van der Waals surface area contributed by atoms with E-state index in [9.17, 15) is 9.36 Å². The molecule has 3 unspecified atom stereocenters. The van der Waals surface area contributed by atoms with Gasteiger partial charge in [0.15, 0.2) is 0 Å². The Balaban J connectivity index is 1.76. The predicted molar refractivity (Wildman–Crippen MR) is 155 cm³/mol. The lowest BCUT2D eigenvalue weighted by Crippen LogP contribution is -2.49. The smallest absolute Gasteiger partial charge is 0.372 e. The molecule has 1 fully saturated rings. The van der Waals surface area contributed by atoms with Gasteiger partial charge in [-0.05, 0) is 61.3 Å². The average molecular weight is 571 g/mol. The molecule has 0 N–H and O–H groups in total. The Morgan fingerprint density at radius 2 is 1.68 bits per heavy atom. The van der Waals surface area contributed by atoms with Crippen molar-refractivity contribution in [2.24, 2.45) is 22.1 Å². The molecule has 0 aromatic heterocycles. The lowest BCUT2D eigenvalue weighted by molar-refractivity contribution is -0.161. The molecule has 2 aromatic carbocycles. The van der Waals surface area contributed by atoms with E-state index in [1.165, 1.54) is 5.56 Å². The lowest BCUT2D eigenvalue weighted by Gasteiger charge is -2.45. The van der Waals surface area contributed by atoms with Crippen LogP contribution in [0.5, 0.6) is 5.75 Å². The maximum atomic E-state index is 14.6. The third kappa shape index (κ3) is 5.63. The van der Waals surface area contributed by atoms with E-state index in [0.29, 0.717) is 18.1 Å². The van der Waals surface area contributed by atoms with Crippen molar-refractivity contribution in [1.82, 2.24) is 0 Å². The molecule has 0 spiro atoms. The number of hydrogen-bond acceptors (Lipinski definition) is 8. The van der Waals surface area contributed by atoms with Crippen LogP contribution in [0.2, 0.25) is 0 Å². The summed E-state index contributed by atoms with van der Waals surface area (Å²) in [5.41, 5.74) is 1.67. The van der Waals surface area contributed by atoms with Gasteiger partial charge in [-0.3, -0.25) is 4.57 Å². The van der Waals surface area contributed by atoms with Crippen LogP contribution >= 0.6 is 7.60 Å². The van der Waals surface area contributed by atoms with Crippen LogP contribution < -0.4 is 4.74 Å². The van der Waals surface area contributed by atoms with Gasteiger partial charge in [0.1, 0.15) is 11.9 Å². The number of ether oxygens (including phenoxy) is 2. The number of carbonyl (C=O) groups excluding carboxylic acids is 1. The molecule has 2 aliphatic rings. The first-order valence-electron chi connectivity index (χ1n) is 14.3. The number of azo groups is 1. The molecule has 0 amide bonds. The molecule has 0 radical (unpaired) electrons. The van der Waals surface area contributed by atoms with Gasteiger partial charge in [0, 0.05) is 5.92 Å². The molecule has 1 heterocycles. The Hall–Kier alpha value is -2.54. The van der Waals surface area contributed by atoms with E-state index in [2.05, 4.69) is 43.1 Å². The van der Waals surface area contributed by atoms with Crippen LogP contribution in [0.1, 0.15) is 70.9 Å². The Morgan fingerprint density at radius 3 is 2.27 bits per heavy atom. The van der Waals surface area contributed by atoms with Gasteiger partial charge in [0.25, 0.3) is 5.28 Å². The number of carbonyl (C=O) groups is 1. The maximum absolute atomic E-state index is 14.6. The standard InChI is InChI=1S/C31H43N2O6P/c1-7-37-40(35,38-8-2)31(27(21-32-33-31)23-15-17-25(36-6)18-16-23)29(34)39-28-20-22(3)14-19-26(28)30(4,5)24-12-10-9-11-13-24/h9-13,15-18,22,26-28H,7-8,14,19-21H2,1-6H3/t22?,26?,27-,28?,31+/m0/s1. The molecule has 0 saturated heterocycles. The van der Waals surface area contributed by atoms with Crippen molar-refractivity contribution in [3.63, 3.8) is 0 Å². The third-order valence-electron chi connectivity index (χ3n) is 8.56. The van der Waals surface area contributed by atoms with E-state index < -0.39 is 30.9 Å². The molecule has 8 nitrogen and oxygen atoms in total. The highest BCUT2D eigenvalue weighted by Gasteiger charge is 2.67. The van der Waals surface area contributed by atoms with Gasteiger partial charge < -0.3 is 18.5 Å². The van der Waals surface area contributed by atoms with Gasteiger partial charge in [-0.2, -0.15) is 10.2 Å². The fourth-order valence-corrected chi connectivity index (χ4v) is 8.52. The fraction of sp³-hybridized carbons (Fsp3) is 0.581. The second-order valence-electron chi connectivity index (χ2n) is 11.4. The molecule has 4 rings (SSSR count). The predicted octanol–water partition coefficient (Wildman–Crippen LogP) is 7.53. The molecular formula is C31H43N2O6P. The minimum absolute atomic E-state index is 0.0588. The van der Waals surface area contributed by atoms with Crippen LogP contribution in [0, 0.1) is 11.8 Å². The van der Waals surface area contributed by atoms with E-state index in [4.69, 9.17) is 18.5 Å². The maximum Gasteiger partial charge on any atom is 0.372 e. The van der Waals surface area contributed by atoms with Gasteiger partial charge in [0.2, 0.25) is 0 Å². The molecule has 2 aromatic rings. The van der Waals surface area contributed by atoms with Crippen LogP contribution in [0.15, 0.2) is 64.8 Å². The van der Waals surface area contributed by atoms with Gasteiger partial charge in [0.05, 0.1) is 32.8 Å². The first kappa shape index (κ1) is 30.4. The highest BCUT2D eigenvalue weighted by atomic mass is 31.2. The molecule has 1 aliphatic heterocycles. The van der Waals surface area contributed by atoms with Crippen LogP contribution in [0.4, 0.5) is 0 Å². The second-order valence-corrected chi connectivity index (χ2v) is 13.6. The summed E-state index contributed by atoms with van der Waals surface area (Å²) in [5, 5.41) is 6.74. The van der Waals surface area contributed by atoms with E-state index in [1.807, 2.05) is 30.3 Å². The fourth-order valence-electron chi connectivity index (χ4n) is 6.31. The molecule has 0 bridgehead atoms. The van der Waals surface area contributed by atoms with E-state index in [-0.39, 0.29) is 31.1 Å². The van der Waals surface area contributed by atoms with Crippen molar-refractivity contribution in [2.75, 3.05) is 26.9 Å². The molecule has 5 atom stereocenters. The Bertz CT molecular complexity index is 1210. The minimum atomic E-state index is -4.16. The van der Waals surface area contributed by atoms with Gasteiger partial charge in [-0.1, -0.05) is 69.7 Å². The quantitative estimate of drug-likeness (QED) is 0.205. The van der Waals surface area contributed by atoms with Crippen molar-refractivity contribution in [1.29, 1.82) is 0 Å². The Morgan fingerprint density at radius 1 is 1.02 bits per heavy atom. The van der Waals surface area contributed by atoms with Crippen LogP contribution in [0.25, 0.3) is 0 Å². The van der Waals surface area contributed by atoms with Crippen molar-refractivity contribution in [3.8, 4) is 5.75 Å². The van der Waals surface area contributed by atoms with Gasteiger partial charge in [-0.15, -0.1) is 0 Å². The summed E-state index contributed by atoms with van der Waals surface area (Å²) in [6.07, 6.45) is 2.27. The lowest BCUT2D eigenvalue weighted by atomic mass is 9.64. The summed E-state index contributed by atoms with van der Waals surface area (Å²) in [6.45, 7) is 10.4. The third-order valence-corrected chi connectivity index (χ3v) is 11.2. The highest BCUT2D eigenvalue weighted by molar-refractivity contribution is 7.56. The SMILES string of the molecule is CCOP(=O)(OCC)[C@]1(C(=O)OC2CC(C)CCC2C(C)(C)c2ccccc2)N=NC[C@H]1c1ccc(OC)cc1. The molecule has 9 heteroatoms. The minimum Gasteiger partial charge on any atom is -0.497 e. The Labute approximate surface area is 238 Å². The topological polar surface area (TPSA) is 95.8 Å². The molecule has 1 aliphatic carbocycles. The average Bonchev–Trinajstić information content (AvgIpc) is 3.41. The second kappa shape index (κ2) is 12.5. The molecule has 218 valence electrons. The molecule has 1 saturated carbocycles. The van der Waals surface area contributed by atoms with Crippen LogP contribution in [0.3, 0.4) is 0 Å². The van der Waals surface area contributed by atoms with Crippen molar-refractivity contribution in [2.45, 2.75) is 76.6 Å². The van der Waals surface area contributed by atoms with Crippen molar-refractivity contribution in [3.05, 3.63) is 65.7 Å². The van der Waals surface area contributed by atoms with Gasteiger partial charge in [-0.25, -0.2) is 4.79 Å². The van der Waals surface area contributed by atoms with Crippen LogP contribution in [-0.4, -0.2) is 44.2 Å². The summed E-state index contributed by atoms with van der Waals surface area (Å²) >= 11 is 0. The number of esters is 1. The van der Waals surface area contributed by atoms with E-state index >= 15 is 0 Å². The van der Waals surface area contributed by atoms with Crippen LogP contribution in [-0.2, 0) is 28.6 Å². The number of hydrogen-bond donors (Lipinski definition) is 0. The normalized spacial score (nSPS) is 26.9. The number of methoxy groups -OCH3 is 1. The zero-order chi connectivity index (χ0) is 29.0. The summed E-state index contributed by atoms with van der Waals surface area (Å²) < 4.78 is 38.0. The van der Waals surface area contributed by atoms with Crippen molar-refractivity contribution < 1.29 is 27.9 Å².